The lowest BCUT2D eigenvalue weighted by Gasteiger charge is -2.05. The van der Waals surface area contributed by atoms with Crippen LogP contribution in [0.4, 0.5) is 8.78 Å². The zero-order valence-corrected chi connectivity index (χ0v) is 7.75. The van der Waals surface area contributed by atoms with E-state index < -0.39 is 12.4 Å². The summed E-state index contributed by atoms with van der Waals surface area (Å²) >= 11 is 0. The molecule has 14 heavy (non-hydrogen) atoms. The summed E-state index contributed by atoms with van der Waals surface area (Å²) in [5.74, 6) is -0.631. The number of halogens is 2. The van der Waals surface area contributed by atoms with Gasteiger partial charge >= 0.3 is 5.97 Å². The van der Waals surface area contributed by atoms with E-state index in [-0.39, 0.29) is 11.3 Å². The first kappa shape index (κ1) is 10.6. The van der Waals surface area contributed by atoms with Crippen LogP contribution in [0, 0.1) is 6.92 Å². The van der Waals surface area contributed by atoms with E-state index in [1.54, 1.807) is 0 Å². The van der Waals surface area contributed by atoms with Gasteiger partial charge in [0, 0.05) is 11.8 Å². The van der Waals surface area contributed by atoms with Gasteiger partial charge in [0.15, 0.2) is 0 Å². The monoisotopic (exact) mass is 201 g/mol. The number of esters is 1. The number of hydrogen-bond donors (Lipinski definition) is 0. The Kier molecular flexibility index (Phi) is 3.11. The summed E-state index contributed by atoms with van der Waals surface area (Å²) < 4.78 is 29.0. The molecule has 0 atom stereocenters. The lowest BCUT2D eigenvalue weighted by atomic mass is 10.1. The van der Waals surface area contributed by atoms with Crippen molar-refractivity contribution >= 4 is 5.97 Å². The Morgan fingerprint density at radius 2 is 2.21 bits per heavy atom. The third-order valence-corrected chi connectivity index (χ3v) is 1.78. The molecule has 0 aliphatic rings. The van der Waals surface area contributed by atoms with Crippen LogP contribution in [0.3, 0.4) is 0 Å². The topological polar surface area (TPSA) is 39.2 Å². The molecule has 0 aromatic carbocycles. The van der Waals surface area contributed by atoms with Crippen molar-refractivity contribution in [2.45, 2.75) is 13.3 Å². The summed E-state index contributed by atoms with van der Waals surface area (Å²) in [7, 11) is 1.21. The van der Waals surface area contributed by atoms with Crippen LogP contribution in [0.1, 0.15) is 28.0 Å². The normalized spacial score (nSPS) is 10.4. The molecule has 1 aromatic heterocycles. The number of carbonyl (C=O) groups excluding carboxylic acids is 1. The minimum absolute atomic E-state index is 0.0365. The lowest BCUT2D eigenvalue weighted by Crippen LogP contribution is -2.05. The number of pyridine rings is 1. The number of rotatable bonds is 2. The summed E-state index contributed by atoms with van der Waals surface area (Å²) in [4.78, 5) is 14.6. The molecule has 0 amide bonds. The fourth-order valence-corrected chi connectivity index (χ4v) is 1.01. The summed E-state index contributed by atoms with van der Waals surface area (Å²) in [5, 5.41) is 0. The zero-order chi connectivity index (χ0) is 10.7. The Hall–Kier alpha value is -1.52. The van der Waals surface area contributed by atoms with E-state index in [4.69, 9.17) is 0 Å². The molecule has 0 saturated heterocycles. The van der Waals surface area contributed by atoms with Gasteiger partial charge in [0.05, 0.1) is 7.11 Å². The Morgan fingerprint density at radius 3 is 2.64 bits per heavy atom. The number of nitrogens with zero attached hydrogens (tertiary/aromatic N) is 1. The second-order valence-corrected chi connectivity index (χ2v) is 2.72. The van der Waals surface area contributed by atoms with Crippen molar-refractivity contribution in [3.63, 3.8) is 0 Å². The van der Waals surface area contributed by atoms with Gasteiger partial charge in [-0.3, -0.25) is 0 Å². The van der Waals surface area contributed by atoms with Crippen LogP contribution in [0.15, 0.2) is 12.3 Å². The SMILES string of the molecule is COC(=O)c1cc(C)c(C(F)F)cn1. The van der Waals surface area contributed by atoms with Crippen LogP contribution in [0.2, 0.25) is 0 Å². The smallest absolute Gasteiger partial charge is 0.356 e. The van der Waals surface area contributed by atoms with E-state index in [1.807, 2.05) is 0 Å². The van der Waals surface area contributed by atoms with Crippen LogP contribution in [0.25, 0.3) is 0 Å². The second kappa shape index (κ2) is 4.13. The molecule has 5 heteroatoms. The van der Waals surface area contributed by atoms with Crippen molar-refractivity contribution in [3.05, 3.63) is 29.1 Å². The first-order chi connectivity index (χ1) is 6.56. The molecule has 1 heterocycles. The first-order valence-corrected chi connectivity index (χ1v) is 3.89. The summed E-state index contributed by atoms with van der Waals surface area (Å²) in [6.07, 6.45) is -1.58. The summed E-state index contributed by atoms with van der Waals surface area (Å²) in [6, 6.07) is 1.29. The lowest BCUT2D eigenvalue weighted by molar-refractivity contribution is 0.0593. The van der Waals surface area contributed by atoms with Crippen LogP contribution >= 0.6 is 0 Å². The van der Waals surface area contributed by atoms with Crippen molar-refractivity contribution in [2.75, 3.05) is 7.11 Å². The molecule has 0 bridgehead atoms. The molecule has 1 rings (SSSR count). The third kappa shape index (κ3) is 2.04. The van der Waals surface area contributed by atoms with E-state index in [2.05, 4.69) is 9.72 Å². The number of carbonyl (C=O) groups is 1. The van der Waals surface area contributed by atoms with Crippen molar-refractivity contribution < 1.29 is 18.3 Å². The van der Waals surface area contributed by atoms with Crippen molar-refractivity contribution in [2.24, 2.45) is 0 Å². The molecule has 0 spiro atoms. The Morgan fingerprint density at radius 1 is 1.57 bits per heavy atom. The van der Waals surface area contributed by atoms with Gasteiger partial charge in [-0.05, 0) is 18.6 Å². The highest BCUT2D eigenvalue weighted by atomic mass is 19.3. The maximum absolute atomic E-state index is 12.3. The number of methoxy groups -OCH3 is 1. The molecule has 0 saturated carbocycles. The fourth-order valence-electron chi connectivity index (χ4n) is 1.01. The molecule has 76 valence electrons. The molecule has 0 N–H and O–H groups in total. The average molecular weight is 201 g/mol. The van der Waals surface area contributed by atoms with Gasteiger partial charge in [-0.1, -0.05) is 0 Å². The summed E-state index contributed by atoms with van der Waals surface area (Å²) in [6.45, 7) is 1.50. The first-order valence-electron chi connectivity index (χ1n) is 3.89. The molecule has 0 aliphatic carbocycles. The van der Waals surface area contributed by atoms with E-state index in [0.717, 1.165) is 6.20 Å². The highest BCUT2D eigenvalue weighted by molar-refractivity contribution is 5.87. The van der Waals surface area contributed by atoms with Gasteiger partial charge in [-0.15, -0.1) is 0 Å². The molecular weight excluding hydrogens is 192 g/mol. The predicted molar refractivity (Wildman–Crippen MR) is 45.3 cm³/mol. The number of ether oxygens (including phenoxy) is 1. The highest BCUT2D eigenvalue weighted by Gasteiger charge is 2.14. The molecule has 3 nitrogen and oxygen atoms in total. The average Bonchev–Trinajstić information content (AvgIpc) is 2.15. The molecule has 0 fully saturated rings. The second-order valence-electron chi connectivity index (χ2n) is 2.72. The Bertz CT molecular complexity index is 353. The number of aryl methyl sites for hydroxylation is 1. The largest absolute Gasteiger partial charge is 0.464 e. The number of alkyl halides is 2. The number of aromatic nitrogens is 1. The third-order valence-electron chi connectivity index (χ3n) is 1.78. The van der Waals surface area contributed by atoms with E-state index in [1.165, 1.54) is 20.1 Å². The van der Waals surface area contributed by atoms with Gasteiger partial charge < -0.3 is 4.74 Å². The molecular formula is C9H9F2NO2. The van der Waals surface area contributed by atoms with Crippen LogP contribution in [0.5, 0.6) is 0 Å². The zero-order valence-electron chi connectivity index (χ0n) is 7.75. The van der Waals surface area contributed by atoms with Gasteiger partial charge in [-0.2, -0.15) is 0 Å². The van der Waals surface area contributed by atoms with Gasteiger partial charge in [-0.25, -0.2) is 18.6 Å². The summed E-state index contributed by atoms with van der Waals surface area (Å²) in [5.41, 5.74) is 0.197. The standard InChI is InChI=1S/C9H9F2NO2/c1-5-3-7(9(13)14-2)12-4-6(5)8(10)11/h3-4,8H,1-2H3. The molecule has 1 aromatic rings. The Balaban J connectivity index is 3.06. The fraction of sp³-hybridized carbons (Fsp3) is 0.333. The van der Waals surface area contributed by atoms with Crippen molar-refractivity contribution in [1.82, 2.24) is 4.98 Å². The van der Waals surface area contributed by atoms with Gasteiger partial charge in [0.1, 0.15) is 5.69 Å². The molecule has 0 aliphatic heterocycles. The molecule has 0 unspecified atom stereocenters. The van der Waals surface area contributed by atoms with E-state index in [0.29, 0.717) is 5.56 Å². The number of hydrogen-bond acceptors (Lipinski definition) is 3. The quantitative estimate of drug-likeness (QED) is 0.688. The molecule has 0 radical (unpaired) electrons. The Labute approximate surface area is 79.7 Å². The minimum atomic E-state index is -2.57. The van der Waals surface area contributed by atoms with Crippen LogP contribution in [-0.4, -0.2) is 18.1 Å². The predicted octanol–water partition coefficient (Wildman–Crippen LogP) is 2.11. The maximum Gasteiger partial charge on any atom is 0.356 e. The van der Waals surface area contributed by atoms with Crippen molar-refractivity contribution in [3.8, 4) is 0 Å². The van der Waals surface area contributed by atoms with Crippen molar-refractivity contribution in [1.29, 1.82) is 0 Å². The maximum atomic E-state index is 12.3. The highest BCUT2D eigenvalue weighted by Crippen LogP contribution is 2.21. The van der Waals surface area contributed by atoms with Crippen LogP contribution < -0.4 is 0 Å². The van der Waals surface area contributed by atoms with Gasteiger partial charge in [0.2, 0.25) is 0 Å². The van der Waals surface area contributed by atoms with Gasteiger partial charge in [0.25, 0.3) is 6.43 Å². The van der Waals surface area contributed by atoms with Crippen LogP contribution in [-0.2, 0) is 4.74 Å². The minimum Gasteiger partial charge on any atom is -0.464 e. The van der Waals surface area contributed by atoms with E-state index in [9.17, 15) is 13.6 Å². The van der Waals surface area contributed by atoms with E-state index >= 15 is 0 Å².